The van der Waals surface area contributed by atoms with Gasteiger partial charge in [0.15, 0.2) is 6.29 Å². The van der Waals surface area contributed by atoms with Crippen molar-refractivity contribution in [3.05, 3.63) is 71.8 Å². The minimum atomic E-state index is -1.26. The summed E-state index contributed by atoms with van der Waals surface area (Å²) in [6.45, 7) is 2.85. The molecule has 1 saturated heterocycles. The number of benzene rings is 2. The summed E-state index contributed by atoms with van der Waals surface area (Å²) >= 11 is 0. The van der Waals surface area contributed by atoms with Gasteiger partial charge in [-0.25, -0.2) is 0 Å². The topological polar surface area (TPSA) is 57.2 Å². The zero-order chi connectivity index (χ0) is 18.4. The highest BCUT2D eigenvalue weighted by Crippen LogP contribution is 2.34. The Morgan fingerprint density at radius 2 is 1.54 bits per heavy atom. The molecule has 3 rings (SSSR count). The lowest BCUT2D eigenvalue weighted by Gasteiger charge is -2.29. The van der Waals surface area contributed by atoms with Crippen LogP contribution in [0.15, 0.2) is 60.7 Å². The van der Waals surface area contributed by atoms with Crippen molar-refractivity contribution in [2.24, 2.45) is 0 Å². The zero-order valence-electron chi connectivity index (χ0n) is 15.2. The molecule has 0 saturated carbocycles. The molecule has 0 spiro atoms. The molecule has 0 aromatic heterocycles. The van der Waals surface area contributed by atoms with E-state index in [0.717, 1.165) is 11.1 Å². The summed E-state index contributed by atoms with van der Waals surface area (Å²) in [5, 5.41) is 10.8. The summed E-state index contributed by atoms with van der Waals surface area (Å²) in [4.78, 5) is 0. The van der Waals surface area contributed by atoms with Gasteiger partial charge in [0.25, 0.3) is 0 Å². The van der Waals surface area contributed by atoms with Gasteiger partial charge in [-0.1, -0.05) is 60.7 Å². The van der Waals surface area contributed by atoms with Crippen LogP contribution in [0.25, 0.3) is 0 Å². The minimum absolute atomic E-state index is 0.310. The van der Waals surface area contributed by atoms with E-state index in [2.05, 4.69) is 0 Å². The average Bonchev–Trinajstić information content (AvgIpc) is 2.91. The number of hydrogen-bond acceptors (Lipinski definition) is 5. The van der Waals surface area contributed by atoms with Crippen molar-refractivity contribution in [3.63, 3.8) is 0 Å². The quantitative estimate of drug-likeness (QED) is 0.786. The first-order valence-corrected chi connectivity index (χ1v) is 8.79. The molecule has 1 heterocycles. The number of rotatable bonds is 8. The first-order valence-electron chi connectivity index (χ1n) is 8.79. The Morgan fingerprint density at radius 1 is 0.962 bits per heavy atom. The summed E-state index contributed by atoms with van der Waals surface area (Å²) in [5.74, 6) is 0. The molecule has 5 nitrogen and oxygen atoms in total. The summed E-state index contributed by atoms with van der Waals surface area (Å²) < 4.78 is 23.0. The molecular weight excluding hydrogens is 332 g/mol. The van der Waals surface area contributed by atoms with E-state index in [0.29, 0.717) is 19.8 Å². The largest absolute Gasteiger partial charge is 0.382 e. The molecule has 140 valence electrons. The van der Waals surface area contributed by atoms with Gasteiger partial charge in [0.05, 0.1) is 19.8 Å². The van der Waals surface area contributed by atoms with Gasteiger partial charge in [-0.2, -0.15) is 0 Å². The Morgan fingerprint density at radius 3 is 2.12 bits per heavy atom. The van der Waals surface area contributed by atoms with Crippen molar-refractivity contribution >= 4 is 0 Å². The first-order chi connectivity index (χ1) is 12.6. The Balaban J connectivity index is 1.61. The van der Waals surface area contributed by atoms with Crippen LogP contribution in [0.3, 0.4) is 0 Å². The molecule has 2 aromatic carbocycles. The van der Waals surface area contributed by atoms with Crippen LogP contribution in [-0.4, -0.2) is 42.9 Å². The third kappa shape index (κ3) is 4.50. The monoisotopic (exact) mass is 358 g/mol. The van der Waals surface area contributed by atoms with Crippen molar-refractivity contribution < 1.29 is 24.1 Å². The van der Waals surface area contributed by atoms with Crippen molar-refractivity contribution in [2.45, 2.75) is 44.2 Å². The van der Waals surface area contributed by atoms with Crippen LogP contribution in [0.5, 0.6) is 0 Å². The Kier molecular flexibility index (Phi) is 6.40. The second-order valence-corrected chi connectivity index (χ2v) is 6.69. The number of ether oxygens (including phenoxy) is 4. The van der Waals surface area contributed by atoms with Gasteiger partial charge in [-0.3, -0.25) is 0 Å². The smallest absolute Gasteiger partial charge is 0.188 e. The van der Waals surface area contributed by atoms with E-state index in [9.17, 15) is 5.11 Å². The normalized spacial score (nSPS) is 28.3. The molecule has 1 fully saturated rings. The third-order valence-electron chi connectivity index (χ3n) is 4.57. The van der Waals surface area contributed by atoms with Crippen LogP contribution in [0.1, 0.15) is 18.1 Å². The fourth-order valence-corrected chi connectivity index (χ4v) is 3.20. The number of hydrogen-bond donors (Lipinski definition) is 1. The van der Waals surface area contributed by atoms with Crippen LogP contribution in [-0.2, 0) is 32.2 Å². The van der Waals surface area contributed by atoms with Gasteiger partial charge in [0, 0.05) is 7.11 Å². The maximum absolute atomic E-state index is 10.8. The van der Waals surface area contributed by atoms with E-state index in [-0.39, 0.29) is 0 Å². The highest BCUT2D eigenvalue weighted by Gasteiger charge is 2.54. The van der Waals surface area contributed by atoms with Crippen molar-refractivity contribution in [1.82, 2.24) is 0 Å². The Hall–Kier alpha value is -1.76. The van der Waals surface area contributed by atoms with E-state index in [1.165, 1.54) is 7.11 Å². The van der Waals surface area contributed by atoms with E-state index in [1.807, 2.05) is 60.7 Å². The van der Waals surface area contributed by atoms with E-state index >= 15 is 0 Å². The highest BCUT2D eigenvalue weighted by molar-refractivity contribution is 5.14. The molecule has 26 heavy (non-hydrogen) atoms. The van der Waals surface area contributed by atoms with Gasteiger partial charge in [0.1, 0.15) is 17.8 Å². The van der Waals surface area contributed by atoms with Crippen LogP contribution < -0.4 is 0 Å². The molecule has 5 heteroatoms. The fourth-order valence-electron chi connectivity index (χ4n) is 3.20. The molecule has 2 aromatic rings. The Bertz CT molecular complexity index is 659. The molecule has 1 N–H and O–H groups in total. The lowest BCUT2D eigenvalue weighted by atomic mass is 9.97. The lowest BCUT2D eigenvalue weighted by Crippen LogP contribution is -2.48. The molecule has 0 radical (unpaired) electrons. The van der Waals surface area contributed by atoms with Crippen molar-refractivity contribution in [2.75, 3.05) is 13.7 Å². The molecule has 1 unspecified atom stereocenters. The molecule has 1 aliphatic heterocycles. The van der Waals surface area contributed by atoms with E-state index in [4.69, 9.17) is 18.9 Å². The van der Waals surface area contributed by atoms with Crippen LogP contribution in [0.4, 0.5) is 0 Å². The van der Waals surface area contributed by atoms with Crippen molar-refractivity contribution in [3.8, 4) is 0 Å². The maximum Gasteiger partial charge on any atom is 0.188 e. The lowest BCUT2D eigenvalue weighted by molar-refractivity contribution is -0.190. The van der Waals surface area contributed by atoms with E-state index < -0.39 is 24.1 Å². The van der Waals surface area contributed by atoms with Crippen LogP contribution in [0.2, 0.25) is 0 Å². The Labute approximate surface area is 154 Å². The second-order valence-electron chi connectivity index (χ2n) is 6.69. The predicted molar refractivity (Wildman–Crippen MR) is 97.4 cm³/mol. The third-order valence-corrected chi connectivity index (χ3v) is 4.57. The predicted octanol–water partition coefficient (Wildman–Crippen LogP) is 2.91. The van der Waals surface area contributed by atoms with Gasteiger partial charge in [-0.15, -0.1) is 0 Å². The SMILES string of the molecule is COC1O[C@H](COCc2ccccc2)[C@@H](OCc2ccccc2)[C@]1(C)O. The summed E-state index contributed by atoms with van der Waals surface area (Å²) in [6, 6.07) is 19.8. The standard InChI is InChI=1S/C21H26O5/c1-21(22)19(25-14-17-11-7-4-8-12-17)18(26-20(21)23-2)15-24-13-16-9-5-3-6-10-16/h3-12,18-20,22H,13-15H2,1-2H3/t18-,19-,20?,21+/m1/s1. The van der Waals surface area contributed by atoms with Gasteiger partial charge < -0.3 is 24.1 Å². The van der Waals surface area contributed by atoms with Crippen molar-refractivity contribution in [1.29, 1.82) is 0 Å². The van der Waals surface area contributed by atoms with E-state index in [1.54, 1.807) is 6.92 Å². The molecule has 4 atom stereocenters. The summed E-state index contributed by atoms with van der Waals surface area (Å²) in [7, 11) is 1.51. The summed E-state index contributed by atoms with van der Waals surface area (Å²) in [5.41, 5.74) is 0.861. The average molecular weight is 358 g/mol. The van der Waals surface area contributed by atoms with Gasteiger partial charge in [0.2, 0.25) is 0 Å². The molecule has 0 amide bonds. The molecule has 1 aliphatic rings. The minimum Gasteiger partial charge on any atom is -0.382 e. The molecule has 0 bridgehead atoms. The first kappa shape index (κ1) is 19.0. The van der Waals surface area contributed by atoms with Crippen LogP contribution >= 0.6 is 0 Å². The zero-order valence-corrected chi connectivity index (χ0v) is 15.2. The van der Waals surface area contributed by atoms with Crippen LogP contribution in [0, 0.1) is 0 Å². The van der Waals surface area contributed by atoms with Gasteiger partial charge >= 0.3 is 0 Å². The van der Waals surface area contributed by atoms with Gasteiger partial charge in [-0.05, 0) is 18.1 Å². The second kappa shape index (κ2) is 8.75. The summed E-state index contributed by atoms with van der Waals surface area (Å²) in [6.07, 6.45) is -1.72. The molecule has 0 aliphatic carbocycles. The molecular formula is C21H26O5. The number of aliphatic hydroxyl groups is 1. The highest BCUT2D eigenvalue weighted by atomic mass is 16.7. The number of methoxy groups -OCH3 is 1. The fraction of sp³-hybridized carbons (Fsp3) is 0.429. The maximum atomic E-state index is 10.8.